The summed E-state index contributed by atoms with van der Waals surface area (Å²) in [7, 11) is 0. The first-order valence-electron chi connectivity index (χ1n) is 7.92. The largest absolute Gasteiger partial charge is 0.511 e. The van der Waals surface area contributed by atoms with Crippen molar-refractivity contribution >= 4 is 22.1 Å². The lowest BCUT2D eigenvalue weighted by Crippen LogP contribution is -2.03. The first-order chi connectivity index (χ1) is 10.6. The maximum absolute atomic E-state index is 10.5. The van der Waals surface area contributed by atoms with Crippen LogP contribution in [0.5, 0.6) is 11.5 Å². The predicted octanol–water partition coefficient (Wildman–Crippen LogP) is 5.51. The first-order valence-corrected chi connectivity index (χ1v) is 9.05. The SMILES string of the molecule is O=C(O)Oc1cccc(CCCCCCCCCCBr)c1O. The topological polar surface area (TPSA) is 66.8 Å². The van der Waals surface area contributed by atoms with E-state index in [9.17, 15) is 9.90 Å². The molecule has 0 aromatic heterocycles. The number of benzene rings is 1. The molecule has 0 spiro atoms. The standard InChI is InChI=1S/C17H25BrO4/c18-13-8-6-4-2-1-3-5-7-10-14-11-9-12-15(16(14)19)22-17(20)21/h9,11-12,19H,1-8,10,13H2,(H,20,21). The molecule has 0 aliphatic carbocycles. The van der Waals surface area contributed by atoms with Gasteiger partial charge in [-0.1, -0.05) is 66.6 Å². The highest BCUT2D eigenvalue weighted by Crippen LogP contribution is 2.31. The molecule has 124 valence electrons. The summed E-state index contributed by atoms with van der Waals surface area (Å²) in [6, 6.07) is 4.97. The molecule has 5 heteroatoms. The van der Waals surface area contributed by atoms with Crippen LogP contribution in [0.2, 0.25) is 0 Å². The minimum absolute atomic E-state index is 0.0109. The van der Waals surface area contributed by atoms with Gasteiger partial charge in [0.2, 0.25) is 0 Å². The third-order valence-electron chi connectivity index (χ3n) is 3.61. The molecule has 0 saturated carbocycles. The Kier molecular flexibility index (Phi) is 9.71. The molecule has 2 N–H and O–H groups in total. The lowest BCUT2D eigenvalue weighted by atomic mass is 10.0. The quantitative estimate of drug-likeness (QED) is 0.232. The highest BCUT2D eigenvalue weighted by Gasteiger charge is 2.10. The van der Waals surface area contributed by atoms with E-state index in [4.69, 9.17) is 5.11 Å². The van der Waals surface area contributed by atoms with Crippen LogP contribution in [0.3, 0.4) is 0 Å². The highest BCUT2D eigenvalue weighted by atomic mass is 79.9. The summed E-state index contributed by atoms with van der Waals surface area (Å²) in [5.41, 5.74) is 0.746. The van der Waals surface area contributed by atoms with E-state index in [1.807, 2.05) is 6.07 Å². The molecule has 1 aromatic carbocycles. The number of aryl methyl sites for hydroxylation is 1. The van der Waals surface area contributed by atoms with E-state index in [0.29, 0.717) is 0 Å². The maximum atomic E-state index is 10.5. The highest BCUT2D eigenvalue weighted by molar-refractivity contribution is 9.09. The number of aromatic hydroxyl groups is 1. The predicted molar refractivity (Wildman–Crippen MR) is 91.2 cm³/mol. The molecule has 0 unspecified atom stereocenters. The molecule has 0 amide bonds. The summed E-state index contributed by atoms with van der Waals surface area (Å²) >= 11 is 3.44. The second-order valence-electron chi connectivity index (χ2n) is 5.40. The average Bonchev–Trinajstić information content (AvgIpc) is 2.48. The molecule has 4 nitrogen and oxygen atoms in total. The van der Waals surface area contributed by atoms with Crippen LogP contribution in [0.4, 0.5) is 4.79 Å². The first kappa shape index (κ1) is 18.8. The molecule has 0 atom stereocenters. The van der Waals surface area contributed by atoms with E-state index < -0.39 is 6.16 Å². The fourth-order valence-electron chi connectivity index (χ4n) is 2.42. The average molecular weight is 373 g/mol. The lowest BCUT2D eigenvalue weighted by molar-refractivity contribution is 0.143. The molecular formula is C17H25BrO4. The van der Waals surface area contributed by atoms with E-state index in [1.54, 1.807) is 6.07 Å². The van der Waals surface area contributed by atoms with Crippen molar-refractivity contribution in [1.29, 1.82) is 0 Å². The molecule has 0 saturated heterocycles. The number of halogens is 1. The van der Waals surface area contributed by atoms with E-state index in [0.717, 1.165) is 30.2 Å². The van der Waals surface area contributed by atoms with Crippen LogP contribution < -0.4 is 4.74 Å². The Balaban J connectivity index is 2.21. The third kappa shape index (κ3) is 7.69. The van der Waals surface area contributed by atoms with Gasteiger partial charge >= 0.3 is 6.16 Å². The van der Waals surface area contributed by atoms with Crippen LogP contribution >= 0.6 is 15.9 Å². The van der Waals surface area contributed by atoms with Crippen molar-refractivity contribution in [3.05, 3.63) is 23.8 Å². The van der Waals surface area contributed by atoms with Crippen molar-refractivity contribution in [2.45, 2.75) is 57.8 Å². The van der Waals surface area contributed by atoms with Gasteiger partial charge in [-0.15, -0.1) is 0 Å². The van der Waals surface area contributed by atoms with E-state index >= 15 is 0 Å². The van der Waals surface area contributed by atoms with Gasteiger partial charge in [-0.25, -0.2) is 4.79 Å². The number of para-hydroxylation sites is 1. The second kappa shape index (κ2) is 11.4. The minimum Gasteiger partial charge on any atom is -0.504 e. The van der Waals surface area contributed by atoms with Crippen LogP contribution in [-0.2, 0) is 6.42 Å². The molecule has 1 aromatic rings. The van der Waals surface area contributed by atoms with Gasteiger partial charge in [0, 0.05) is 5.33 Å². The Labute approximate surface area is 140 Å². The summed E-state index contributed by atoms with van der Waals surface area (Å²) in [6.07, 6.45) is 9.08. The van der Waals surface area contributed by atoms with Crippen molar-refractivity contribution in [3.63, 3.8) is 0 Å². The Bertz CT molecular complexity index is 448. The van der Waals surface area contributed by atoms with Crippen molar-refractivity contribution in [2.75, 3.05) is 5.33 Å². The van der Waals surface area contributed by atoms with Crippen molar-refractivity contribution in [2.24, 2.45) is 0 Å². The smallest absolute Gasteiger partial charge is 0.504 e. The molecule has 0 bridgehead atoms. The fraction of sp³-hybridized carbons (Fsp3) is 0.588. The summed E-state index contributed by atoms with van der Waals surface area (Å²) in [4.78, 5) is 10.5. The Morgan fingerprint density at radius 2 is 1.59 bits per heavy atom. The van der Waals surface area contributed by atoms with Gasteiger partial charge in [-0.05, 0) is 30.9 Å². The van der Waals surface area contributed by atoms with E-state index in [2.05, 4.69) is 20.7 Å². The van der Waals surface area contributed by atoms with Crippen LogP contribution in [0.25, 0.3) is 0 Å². The molecule has 0 fully saturated rings. The zero-order valence-electron chi connectivity index (χ0n) is 12.9. The number of carbonyl (C=O) groups is 1. The van der Waals surface area contributed by atoms with E-state index in [-0.39, 0.29) is 11.5 Å². The number of carboxylic acid groups (broad SMARTS) is 1. The van der Waals surface area contributed by atoms with Crippen LogP contribution in [-0.4, -0.2) is 21.7 Å². The number of phenolic OH excluding ortho intramolecular Hbond substituents is 1. The molecule has 0 aliphatic rings. The number of rotatable bonds is 11. The Morgan fingerprint density at radius 3 is 2.18 bits per heavy atom. The van der Waals surface area contributed by atoms with Gasteiger partial charge in [-0.2, -0.15) is 0 Å². The Morgan fingerprint density at radius 1 is 1.00 bits per heavy atom. The van der Waals surface area contributed by atoms with Crippen LogP contribution in [0.15, 0.2) is 18.2 Å². The summed E-state index contributed by atoms with van der Waals surface area (Å²) < 4.78 is 4.54. The van der Waals surface area contributed by atoms with Gasteiger partial charge < -0.3 is 14.9 Å². The van der Waals surface area contributed by atoms with Gasteiger partial charge in [-0.3, -0.25) is 0 Å². The summed E-state index contributed by atoms with van der Waals surface area (Å²) in [5.74, 6) is -0.0449. The zero-order valence-corrected chi connectivity index (χ0v) is 14.5. The normalized spacial score (nSPS) is 10.6. The van der Waals surface area contributed by atoms with Gasteiger partial charge in [0.25, 0.3) is 0 Å². The number of hydrogen-bond acceptors (Lipinski definition) is 3. The van der Waals surface area contributed by atoms with Gasteiger partial charge in [0.15, 0.2) is 11.5 Å². The van der Waals surface area contributed by atoms with Gasteiger partial charge in [0.1, 0.15) is 0 Å². The summed E-state index contributed by atoms with van der Waals surface area (Å²) in [5, 5.41) is 19.7. The zero-order chi connectivity index (χ0) is 16.2. The second-order valence-corrected chi connectivity index (χ2v) is 6.19. The molecule has 0 radical (unpaired) electrons. The number of ether oxygens (including phenoxy) is 1. The summed E-state index contributed by atoms with van der Waals surface area (Å²) in [6.45, 7) is 0. The van der Waals surface area contributed by atoms with Crippen LogP contribution in [0, 0.1) is 0 Å². The number of unbranched alkanes of at least 4 members (excludes halogenated alkanes) is 7. The van der Waals surface area contributed by atoms with Crippen molar-refractivity contribution in [3.8, 4) is 11.5 Å². The molecule has 22 heavy (non-hydrogen) atoms. The molecule has 0 heterocycles. The fourth-order valence-corrected chi connectivity index (χ4v) is 2.81. The number of phenols is 1. The van der Waals surface area contributed by atoms with Crippen molar-refractivity contribution < 1.29 is 19.7 Å². The van der Waals surface area contributed by atoms with Crippen molar-refractivity contribution in [1.82, 2.24) is 0 Å². The molecule has 0 aliphatic heterocycles. The Hall–Kier alpha value is -1.23. The third-order valence-corrected chi connectivity index (χ3v) is 4.17. The maximum Gasteiger partial charge on any atom is 0.511 e. The van der Waals surface area contributed by atoms with E-state index in [1.165, 1.54) is 44.6 Å². The lowest BCUT2D eigenvalue weighted by Gasteiger charge is -2.08. The minimum atomic E-state index is -1.41. The van der Waals surface area contributed by atoms with Crippen LogP contribution in [0.1, 0.15) is 56.9 Å². The number of hydrogen-bond donors (Lipinski definition) is 2. The molecular weight excluding hydrogens is 348 g/mol. The molecule has 1 rings (SSSR count). The van der Waals surface area contributed by atoms with Gasteiger partial charge in [0.05, 0.1) is 0 Å². The monoisotopic (exact) mass is 372 g/mol. The number of alkyl halides is 1.